The maximum atomic E-state index is 13.3. The Morgan fingerprint density at radius 1 is 0.964 bits per heavy atom. The van der Waals surface area contributed by atoms with E-state index in [9.17, 15) is 17.6 Å². The number of benzene rings is 3. The number of carbonyl (C=O) groups is 1. The van der Waals surface area contributed by atoms with E-state index in [-0.39, 0.29) is 28.4 Å². The maximum Gasteiger partial charge on any atom is 0.251 e. The van der Waals surface area contributed by atoms with E-state index in [0.717, 1.165) is 0 Å². The smallest absolute Gasteiger partial charge is 0.251 e. The lowest BCUT2D eigenvalue weighted by Crippen LogP contribution is -2.26. The van der Waals surface area contributed by atoms with Gasteiger partial charge in [0.15, 0.2) is 9.84 Å². The number of sulfone groups is 1. The van der Waals surface area contributed by atoms with Crippen LogP contribution in [0.5, 0.6) is 0 Å². The summed E-state index contributed by atoms with van der Waals surface area (Å²) in [6.45, 7) is 1.77. The summed E-state index contributed by atoms with van der Waals surface area (Å²) < 4.78 is 38.2. The third-order valence-electron chi connectivity index (χ3n) is 4.37. The Bertz CT molecular complexity index is 1060. The zero-order valence-electron chi connectivity index (χ0n) is 15.3. The van der Waals surface area contributed by atoms with Crippen molar-refractivity contribution < 1.29 is 17.6 Å². The molecule has 0 aliphatic rings. The van der Waals surface area contributed by atoms with Crippen LogP contribution in [0.3, 0.4) is 0 Å². The second kappa shape index (κ2) is 8.35. The molecule has 0 saturated heterocycles. The molecule has 0 aliphatic carbocycles. The molecule has 0 aromatic heterocycles. The van der Waals surface area contributed by atoms with Gasteiger partial charge in [-0.1, -0.05) is 42.5 Å². The summed E-state index contributed by atoms with van der Waals surface area (Å²) in [6.07, 6.45) is 0. The van der Waals surface area contributed by atoms with E-state index in [2.05, 4.69) is 5.32 Å². The second-order valence-corrected chi connectivity index (χ2v) is 8.51. The van der Waals surface area contributed by atoms with Crippen molar-refractivity contribution in [3.05, 3.63) is 101 Å². The Morgan fingerprint density at radius 3 is 2.29 bits per heavy atom. The summed E-state index contributed by atoms with van der Waals surface area (Å²) >= 11 is 0. The van der Waals surface area contributed by atoms with Gasteiger partial charge in [-0.15, -0.1) is 0 Å². The number of carbonyl (C=O) groups excluding carboxylic acids is 1. The van der Waals surface area contributed by atoms with E-state index in [1.54, 1.807) is 73.7 Å². The van der Waals surface area contributed by atoms with Crippen LogP contribution in [0.1, 0.15) is 34.5 Å². The summed E-state index contributed by atoms with van der Waals surface area (Å²) in [6, 6.07) is 20.4. The van der Waals surface area contributed by atoms with Gasteiger partial charge in [0.2, 0.25) is 0 Å². The number of rotatable bonds is 6. The molecule has 0 heterocycles. The van der Waals surface area contributed by atoms with Crippen molar-refractivity contribution in [2.45, 2.75) is 23.6 Å². The summed E-state index contributed by atoms with van der Waals surface area (Å²) in [5.74, 6) is -0.810. The van der Waals surface area contributed by atoms with Gasteiger partial charge in [-0.05, 0) is 54.4 Å². The van der Waals surface area contributed by atoms with Gasteiger partial charge in [0.05, 0.1) is 16.7 Å². The van der Waals surface area contributed by atoms with Crippen LogP contribution < -0.4 is 5.32 Å². The minimum absolute atomic E-state index is 0.140. The molecule has 3 aromatic carbocycles. The van der Waals surface area contributed by atoms with Crippen molar-refractivity contribution in [1.29, 1.82) is 0 Å². The fourth-order valence-corrected chi connectivity index (χ4v) is 4.19. The molecule has 3 rings (SSSR count). The van der Waals surface area contributed by atoms with Gasteiger partial charge < -0.3 is 5.32 Å². The quantitative estimate of drug-likeness (QED) is 0.675. The molecular formula is C22H20FNO3S. The molecule has 0 saturated carbocycles. The molecule has 3 aromatic rings. The zero-order chi connectivity index (χ0) is 20.1. The van der Waals surface area contributed by atoms with E-state index in [0.29, 0.717) is 16.7 Å². The third kappa shape index (κ3) is 4.84. The first kappa shape index (κ1) is 19.8. The van der Waals surface area contributed by atoms with Crippen molar-refractivity contribution >= 4 is 15.7 Å². The number of nitrogens with one attached hydrogen (secondary N) is 1. The highest BCUT2D eigenvalue weighted by Gasteiger charge is 2.16. The molecule has 6 heteroatoms. The number of hydrogen-bond donors (Lipinski definition) is 1. The topological polar surface area (TPSA) is 63.2 Å². The van der Waals surface area contributed by atoms with E-state index in [1.165, 1.54) is 12.1 Å². The normalized spacial score (nSPS) is 12.4. The zero-order valence-corrected chi connectivity index (χ0v) is 16.1. The third-order valence-corrected chi connectivity index (χ3v) is 6.08. The second-order valence-electron chi connectivity index (χ2n) is 6.52. The van der Waals surface area contributed by atoms with Crippen LogP contribution in [0.2, 0.25) is 0 Å². The van der Waals surface area contributed by atoms with Crippen LogP contribution in [0.15, 0.2) is 83.8 Å². The van der Waals surface area contributed by atoms with Crippen LogP contribution in [0, 0.1) is 5.82 Å². The first-order chi connectivity index (χ1) is 13.3. The summed E-state index contributed by atoms with van der Waals surface area (Å²) in [5, 5.41) is 2.81. The number of halogens is 1. The van der Waals surface area contributed by atoms with Gasteiger partial charge in [-0.3, -0.25) is 4.79 Å². The van der Waals surface area contributed by atoms with Crippen molar-refractivity contribution in [3.63, 3.8) is 0 Å². The minimum atomic E-state index is -3.44. The predicted molar refractivity (Wildman–Crippen MR) is 106 cm³/mol. The highest BCUT2D eigenvalue weighted by molar-refractivity contribution is 7.90. The van der Waals surface area contributed by atoms with Gasteiger partial charge in [0.1, 0.15) is 5.82 Å². The summed E-state index contributed by atoms with van der Waals surface area (Å²) in [5.41, 5.74) is 1.67. The maximum absolute atomic E-state index is 13.3. The first-order valence-electron chi connectivity index (χ1n) is 8.78. The highest BCUT2D eigenvalue weighted by Crippen LogP contribution is 2.18. The lowest BCUT2D eigenvalue weighted by atomic mass is 10.1. The van der Waals surface area contributed by atoms with Crippen LogP contribution in [-0.2, 0) is 15.6 Å². The molecule has 28 heavy (non-hydrogen) atoms. The fourth-order valence-electron chi connectivity index (χ4n) is 2.82. The fraction of sp³-hybridized carbons (Fsp3) is 0.136. The molecule has 0 aliphatic heterocycles. The van der Waals surface area contributed by atoms with Crippen LogP contribution in [0.4, 0.5) is 4.39 Å². The molecule has 0 bridgehead atoms. The van der Waals surface area contributed by atoms with Gasteiger partial charge in [-0.25, -0.2) is 12.8 Å². The van der Waals surface area contributed by atoms with Gasteiger partial charge in [0.25, 0.3) is 5.91 Å². The Balaban J connectivity index is 1.67. The standard InChI is InChI=1S/C22H20FNO3S/c1-16(19-6-5-7-20(23)14-19)24-22(25)18-12-10-17(11-13-18)15-28(26,27)21-8-3-2-4-9-21/h2-14,16H,15H2,1H3,(H,24,25)/t16-/m1/s1. The van der Waals surface area contributed by atoms with Crippen LogP contribution in [0.25, 0.3) is 0 Å². The van der Waals surface area contributed by atoms with Crippen molar-refractivity contribution in [2.24, 2.45) is 0 Å². The van der Waals surface area contributed by atoms with Gasteiger partial charge >= 0.3 is 0 Å². The van der Waals surface area contributed by atoms with Gasteiger partial charge in [0, 0.05) is 5.56 Å². The lowest BCUT2D eigenvalue weighted by molar-refractivity contribution is 0.0940. The molecule has 4 nitrogen and oxygen atoms in total. The van der Waals surface area contributed by atoms with Gasteiger partial charge in [-0.2, -0.15) is 0 Å². The largest absolute Gasteiger partial charge is 0.346 e. The molecule has 0 spiro atoms. The Morgan fingerprint density at radius 2 is 1.64 bits per heavy atom. The molecule has 1 N–H and O–H groups in total. The summed E-state index contributed by atoms with van der Waals surface area (Å²) in [4.78, 5) is 12.7. The highest BCUT2D eigenvalue weighted by atomic mass is 32.2. The Kier molecular flexibility index (Phi) is 5.90. The molecular weight excluding hydrogens is 377 g/mol. The Labute approximate surface area is 164 Å². The first-order valence-corrected chi connectivity index (χ1v) is 10.4. The molecule has 0 unspecified atom stereocenters. The average Bonchev–Trinajstić information content (AvgIpc) is 2.69. The van der Waals surface area contributed by atoms with E-state index in [4.69, 9.17) is 0 Å². The molecule has 0 radical (unpaired) electrons. The molecule has 1 amide bonds. The van der Waals surface area contributed by atoms with E-state index in [1.807, 2.05) is 0 Å². The minimum Gasteiger partial charge on any atom is -0.346 e. The Hall–Kier alpha value is -2.99. The van der Waals surface area contributed by atoms with E-state index >= 15 is 0 Å². The average molecular weight is 397 g/mol. The van der Waals surface area contributed by atoms with Crippen molar-refractivity contribution in [3.8, 4) is 0 Å². The van der Waals surface area contributed by atoms with Crippen molar-refractivity contribution in [2.75, 3.05) is 0 Å². The number of amides is 1. The van der Waals surface area contributed by atoms with Crippen LogP contribution >= 0.6 is 0 Å². The number of hydrogen-bond acceptors (Lipinski definition) is 3. The van der Waals surface area contributed by atoms with Crippen LogP contribution in [-0.4, -0.2) is 14.3 Å². The van der Waals surface area contributed by atoms with E-state index < -0.39 is 9.84 Å². The monoisotopic (exact) mass is 397 g/mol. The van der Waals surface area contributed by atoms with Crippen molar-refractivity contribution in [1.82, 2.24) is 5.32 Å². The molecule has 144 valence electrons. The SMILES string of the molecule is C[C@@H](NC(=O)c1ccc(CS(=O)(=O)c2ccccc2)cc1)c1cccc(F)c1. The molecule has 1 atom stereocenters. The predicted octanol–water partition coefficient (Wildman–Crippen LogP) is 4.29. The lowest BCUT2D eigenvalue weighted by Gasteiger charge is -2.14. The summed E-state index contributed by atoms with van der Waals surface area (Å²) in [7, 11) is -3.44. The molecule has 0 fully saturated rings.